The third-order valence-corrected chi connectivity index (χ3v) is 12.1. The van der Waals surface area contributed by atoms with E-state index in [-0.39, 0.29) is 25.7 Å². The molecule has 62 heavy (non-hydrogen) atoms. The molecule has 7 N–H and O–H groups in total. The normalized spacial score (nSPS) is 22.7. The van der Waals surface area contributed by atoms with E-state index in [1.807, 2.05) is 12.2 Å². The largest absolute Gasteiger partial charge is 0.472 e. The van der Waals surface area contributed by atoms with Crippen LogP contribution in [0.15, 0.2) is 36.5 Å². The monoisotopic (exact) mass is 905 g/mol. The number of carbonyl (C=O) groups is 2. The Hall–Kier alpha value is -1.97. The Labute approximate surface area is 372 Å². The van der Waals surface area contributed by atoms with Crippen molar-refractivity contribution in [2.45, 2.75) is 236 Å². The number of aliphatic hydroxyl groups is 6. The van der Waals surface area contributed by atoms with Gasteiger partial charge in [-0.25, -0.2) is 4.57 Å². The Morgan fingerprint density at radius 1 is 0.581 bits per heavy atom. The molecular formula is C47H85O14P. The van der Waals surface area contributed by atoms with Crippen molar-refractivity contribution >= 4 is 19.8 Å². The summed E-state index contributed by atoms with van der Waals surface area (Å²) in [5.74, 6) is -1.29. The predicted octanol–water partition coefficient (Wildman–Crippen LogP) is 8.36. The summed E-state index contributed by atoms with van der Waals surface area (Å²) in [6.07, 6.45) is 25.0. The molecular weight excluding hydrogens is 819 g/mol. The number of aliphatic hydroxyl groups excluding tert-OH is 6. The summed E-state index contributed by atoms with van der Waals surface area (Å²) in [4.78, 5) is 35.7. The summed E-state index contributed by atoms with van der Waals surface area (Å²) in [6.45, 7) is 3.14. The summed E-state index contributed by atoms with van der Waals surface area (Å²) < 4.78 is 33.4. The summed E-state index contributed by atoms with van der Waals surface area (Å²) in [5.41, 5.74) is 0. The van der Waals surface area contributed by atoms with Gasteiger partial charge >= 0.3 is 19.8 Å². The van der Waals surface area contributed by atoms with E-state index in [9.17, 15) is 49.7 Å². The molecule has 15 heteroatoms. The van der Waals surface area contributed by atoms with Crippen LogP contribution >= 0.6 is 7.82 Å². The smallest absolute Gasteiger partial charge is 0.462 e. The highest BCUT2D eigenvalue weighted by Crippen LogP contribution is 2.47. The Morgan fingerprint density at radius 2 is 1.06 bits per heavy atom. The van der Waals surface area contributed by atoms with Crippen LogP contribution in [-0.4, -0.2) is 110 Å². The third-order valence-electron chi connectivity index (χ3n) is 11.1. The molecule has 0 aromatic heterocycles. The number of hydrogen-bond donors (Lipinski definition) is 7. The minimum absolute atomic E-state index is 0.125. The van der Waals surface area contributed by atoms with Crippen molar-refractivity contribution in [1.29, 1.82) is 0 Å². The van der Waals surface area contributed by atoms with E-state index in [1.54, 1.807) is 12.2 Å². The number of hydrogen-bond acceptors (Lipinski definition) is 13. The average molecular weight is 905 g/mol. The second-order valence-electron chi connectivity index (χ2n) is 16.8. The first-order valence-electron chi connectivity index (χ1n) is 23.9. The quantitative estimate of drug-likeness (QED) is 0.0101. The summed E-state index contributed by atoms with van der Waals surface area (Å²) in [7, 11) is -5.17. The zero-order chi connectivity index (χ0) is 45.9. The lowest BCUT2D eigenvalue weighted by Gasteiger charge is -2.41. The van der Waals surface area contributed by atoms with Gasteiger partial charge in [0.1, 0.15) is 43.2 Å². The SMILES string of the molecule is CCCCCCCC/C=C/C/C=C/C=C/C(O)CCCC(=O)O[C@H](COC(=O)CCCCCCCCCCCCCCCCC)COP(=O)(O)OC1[C@H](O)[C@H](O)C(O)[C@H](O)[C@H]1O. The maximum absolute atomic E-state index is 12.8. The molecule has 0 amide bonds. The lowest BCUT2D eigenvalue weighted by molar-refractivity contribution is -0.220. The molecule has 0 saturated heterocycles. The fourth-order valence-corrected chi connectivity index (χ4v) is 8.15. The minimum Gasteiger partial charge on any atom is -0.462 e. The highest BCUT2D eigenvalue weighted by atomic mass is 31.2. The van der Waals surface area contributed by atoms with Crippen molar-refractivity contribution in [2.24, 2.45) is 0 Å². The van der Waals surface area contributed by atoms with Gasteiger partial charge in [0.25, 0.3) is 0 Å². The van der Waals surface area contributed by atoms with Gasteiger partial charge in [0, 0.05) is 12.8 Å². The maximum Gasteiger partial charge on any atom is 0.472 e. The van der Waals surface area contributed by atoms with E-state index >= 15 is 0 Å². The molecule has 0 radical (unpaired) electrons. The van der Waals surface area contributed by atoms with Crippen LogP contribution in [0.5, 0.6) is 0 Å². The topological polar surface area (TPSA) is 230 Å². The molecule has 4 unspecified atom stereocenters. The van der Waals surface area contributed by atoms with Crippen LogP contribution in [0.2, 0.25) is 0 Å². The van der Waals surface area contributed by atoms with Gasteiger partial charge in [-0.05, 0) is 38.5 Å². The molecule has 362 valence electrons. The van der Waals surface area contributed by atoms with E-state index in [4.69, 9.17) is 18.5 Å². The molecule has 0 heterocycles. The van der Waals surface area contributed by atoms with Crippen LogP contribution in [0.1, 0.15) is 187 Å². The van der Waals surface area contributed by atoms with Crippen molar-refractivity contribution in [3.8, 4) is 0 Å². The number of ether oxygens (including phenoxy) is 2. The van der Waals surface area contributed by atoms with Crippen LogP contribution in [0, 0.1) is 0 Å². The van der Waals surface area contributed by atoms with Crippen molar-refractivity contribution in [3.63, 3.8) is 0 Å². The zero-order valence-electron chi connectivity index (χ0n) is 38.0. The predicted molar refractivity (Wildman–Crippen MR) is 241 cm³/mol. The van der Waals surface area contributed by atoms with Gasteiger partial charge in [-0.3, -0.25) is 18.6 Å². The lowest BCUT2D eigenvalue weighted by Crippen LogP contribution is -2.64. The molecule has 0 aromatic rings. The number of carbonyl (C=O) groups excluding carboxylic acids is 2. The average Bonchev–Trinajstić information content (AvgIpc) is 3.25. The van der Waals surface area contributed by atoms with Crippen LogP contribution < -0.4 is 0 Å². The van der Waals surface area contributed by atoms with Gasteiger partial charge in [0.05, 0.1) is 12.7 Å². The highest BCUT2D eigenvalue weighted by Gasteiger charge is 2.51. The van der Waals surface area contributed by atoms with Crippen LogP contribution in [-0.2, 0) is 32.7 Å². The zero-order valence-corrected chi connectivity index (χ0v) is 38.9. The Kier molecular flexibility index (Phi) is 34.9. The summed E-state index contributed by atoms with van der Waals surface area (Å²) in [5, 5.41) is 60.5. The third kappa shape index (κ3) is 29.5. The van der Waals surface area contributed by atoms with Gasteiger partial charge in [-0.1, -0.05) is 172 Å². The maximum atomic E-state index is 12.8. The Bertz CT molecular complexity index is 1250. The van der Waals surface area contributed by atoms with E-state index in [1.165, 1.54) is 109 Å². The van der Waals surface area contributed by atoms with E-state index < -0.39 is 81.8 Å². The van der Waals surface area contributed by atoms with Crippen LogP contribution in [0.4, 0.5) is 0 Å². The van der Waals surface area contributed by atoms with Gasteiger partial charge in [0.2, 0.25) is 0 Å². The molecule has 1 fully saturated rings. The second-order valence-corrected chi connectivity index (χ2v) is 18.2. The molecule has 1 aliphatic rings. The van der Waals surface area contributed by atoms with E-state index in [2.05, 4.69) is 26.0 Å². The standard InChI is InChI=1S/C47H85O14P/c1-3-5-7-9-11-13-15-17-18-20-22-24-26-28-30-34-40(49)58-36-39(37-59-62(56,57)61-47-45(54)43(52)42(51)44(53)46(47)55)60-41(50)35-31-33-38(48)32-29-27-25-23-21-19-16-14-12-10-8-6-4-2/h19,21,25,27,29,32,38-39,42-48,51-55H,3-18,20,22-24,26,28,30-31,33-37H2,1-2H3,(H,56,57)/b21-19+,27-25+,32-29+/t38?,39-,42?,43-,44+,45-,46-,47?/m1/s1. The van der Waals surface area contributed by atoms with Crippen molar-refractivity contribution in [2.75, 3.05) is 13.2 Å². The minimum atomic E-state index is -5.17. The first-order chi connectivity index (χ1) is 29.8. The number of allylic oxidation sites excluding steroid dienone is 5. The highest BCUT2D eigenvalue weighted by molar-refractivity contribution is 7.47. The number of esters is 2. The first-order valence-corrected chi connectivity index (χ1v) is 25.4. The van der Waals surface area contributed by atoms with Crippen LogP contribution in [0.3, 0.4) is 0 Å². The summed E-state index contributed by atoms with van der Waals surface area (Å²) in [6, 6.07) is 0. The van der Waals surface area contributed by atoms with Gasteiger partial charge in [0.15, 0.2) is 6.10 Å². The van der Waals surface area contributed by atoms with Crippen molar-refractivity contribution in [3.05, 3.63) is 36.5 Å². The lowest BCUT2D eigenvalue weighted by atomic mass is 9.85. The number of phosphoric ester groups is 1. The summed E-state index contributed by atoms with van der Waals surface area (Å²) >= 11 is 0. The second kappa shape index (κ2) is 37.3. The molecule has 0 aliphatic heterocycles. The van der Waals surface area contributed by atoms with E-state index in [0.29, 0.717) is 6.42 Å². The van der Waals surface area contributed by atoms with E-state index in [0.717, 1.165) is 32.1 Å². The molecule has 0 spiro atoms. The fourth-order valence-electron chi connectivity index (χ4n) is 7.18. The molecule has 0 aromatic carbocycles. The van der Waals surface area contributed by atoms with Gasteiger partial charge in [-0.15, -0.1) is 0 Å². The van der Waals surface area contributed by atoms with Crippen molar-refractivity contribution < 1.29 is 68.2 Å². The number of rotatable bonds is 39. The number of phosphoric acid groups is 1. The van der Waals surface area contributed by atoms with Gasteiger partial charge < -0.3 is 45.0 Å². The van der Waals surface area contributed by atoms with Crippen molar-refractivity contribution in [1.82, 2.24) is 0 Å². The molecule has 1 aliphatic carbocycles. The first kappa shape index (κ1) is 58.0. The molecule has 14 nitrogen and oxygen atoms in total. The Balaban J connectivity index is 2.53. The van der Waals surface area contributed by atoms with Crippen LogP contribution in [0.25, 0.3) is 0 Å². The fraction of sp³-hybridized carbons (Fsp3) is 0.830. The van der Waals surface area contributed by atoms with Gasteiger partial charge in [-0.2, -0.15) is 0 Å². The molecule has 0 bridgehead atoms. The molecule has 9 atom stereocenters. The molecule has 1 rings (SSSR count). The number of unbranched alkanes of at least 4 members (excludes halogenated alkanes) is 20. The molecule has 1 saturated carbocycles. The Morgan fingerprint density at radius 3 is 1.61 bits per heavy atom.